The maximum absolute atomic E-state index is 12.2. The number of hydrogen-bond acceptors (Lipinski definition) is 2. The van der Waals surface area contributed by atoms with E-state index in [1.54, 1.807) is 0 Å². The smallest absolute Gasteiger partial charge is 0.223 e. The molecule has 0 aliphatic carbocycles. The van der Waals surface area contributed by atoms with Gasteiger partial charge in [0.1, 0.15) is 0 Å². The second-order valence-electron chi connectivity index (χ2n) is 5.27. The van der Waals surface area contributed by atoms with Crippen LogP contribution in [0.15, 0.2) is 28.7 Å². The molecule has 1 aromatic rings. The Morgan fingerprint density at radius 1 is 1.37 bits per heavy atom. The summed E-state index contributed by atoms with van der Waals surface area (Å²) in [5.41, 5.74) is 1.19. The summed E-state index contributed by atoms with van der Waals surface area (Å²) in [6.07, 6.45) is 1.72. The first-order valence-electron chi connectivity index (χ1n) is 6.77. The van der Waals surface area contributed by atoms with Gasteiger partial charge in [-0.05, 0) is 36.5 Å². The van der Waals surface area contributed by atoms with Crippen LogP contribution < -0.4 is 0 Å². The number of nitrogens with zero attached hydrogens (tertiary/aromatic N) is 1. The summed E-state index contributed by atoms with van der Waals surface area (Å²) >= 11 is 3.41. The van der Waals surface area contributed by atoms with Crippen molar-refractivity contribution in [2.75, 3.05) is 13.1 Å². The molecule has 0 spiro atoms. The highest BCUT2D eigenvalue weighted by Crippen LogP contribution is 2.23. The highest BCUT2D eigenvalue weighted by atomic mass is 79.9. The molecule has 0 bridgehead atoms. The van der Waals surface area contributed by atoms with Crippen LogP contribution in [0.25, 0.3) is 0 Å². The number of aliphatic hydroxyl groups excluding tert-OH is 1. The molecule has 1 aromatic carbocycles. The molecular formula is C15H20BrNO2. The number of amides is 1. The number of rotatable bonds is 3. The number of carbonyl (C=O) groups excluding carboxylic acids is 1. The predicted molar refractivity (Wildman–Crippen MR) is 79.0 cm³/mol. The average Bonchev–Trinajstić information content (AvgIpc) is 2.40. The van der Waals surface area contributed by atoms with Gasteiger partial charge in [-0.1, -0.05) is 35.0 Å². The molecule has 3 nitrogen and oxygen atoms in total. The lowest BCUT2D eigenvalue weighted by Crippen LogP contribution is -2.40. The minimum Gasteiger partial charge on any atom is -0.393 e. The van der Waals surface area contributed by atoms with Crippen molar-refractivity contribution in [3.05, 3.63) is 34.3 Å². The first-order chi connectivity index (χ1) is 9.06. The van der Waals surface area contributed by atoms with Crippen LogP contribution in [0.5, 0.6) is 0 Å². The van der Waals surface area contributed by atoms with E-state index in [-0.39, 0.29) is 17.9 Å². The Bertz CT molecular complexity index is 424. The number of carbonyl (C=O) groups is 1. The molecule has 104 valence electrons. The third-order valence-corrected chi connectivity index (χ3v) is 4.27. The molecule has 4 heteroatoms. The van der Waals surface area contributed by atoms with Gasteiger partial charge in [0, 0.05) is 24.0 Å². The monoisotopic (exact) mass is 325 g/mol. The van der Waals surface area contributed by atoms with Crippen molar-refractivity contribution in [1.82, 2.24) is 4.90 Å². The van der Waals surface area contributed by atoms with E-state index in [9.17, 15) is 9.90 Å². The van der Waals surface area contributed by atoms with E-state index in [1.165, 1.54) is 5.56 Å². The summed E-state index contributed by atoms with van der Waals surface area (Å²) in [6, 6.07) is 8.13. The van der Waals surface area contributed by atoms with Gasteiger partial charge in [0.15, 0.2) is 0 Å². The van der Waals surface area contributed by atoms with Crippen LogP contribution >= 0.6 is 15.9 Å². The van der Waals surface area contributed by atoms with Crippen LogP contribution in [0.4, 0.5) is 0 Å². The van der Waals surface area contributed by atoms with Crippen LogP contribution in [0.3, 0.4) is 0 Å². The average molecular weight is 326 g/mol. The Hall–Kier alpha value is -0.870. The van der Waals surface area contributed by atoms with Gasteiger partial charge in [0.25, 0.3) is 0 Å². The lowest BCUT2D eigenvalue weighted by atomic mass is 9.96. The third kappa shape index (κ3) is 4.05. The van der Waals surface area contributed by atoms with E-state index in [2.05, 4.69) is 35.0 Å². The molecule has 19 heavy (non-hydrogen) atoms. The Morgan fingerprint density at radius 2 is 1.95 bits per heavy atom. The molecule has 0 aromatic heterocycles. The van der Waals surface area contributed by atoms with Gasteiger partial charge in [0.05, 0.1) is 6.10 Å². The van der Waals surface area contributed by atoms with Crippen molar-refractivity contribution >= 4 is 21.8 Å². The minimum atomic E-state index is -0.229. The van der Waals surface area contributed by atoms with E-state index >= 15 is 0 Å². The van der Waals surface area contributed by atoms with Crippen LogP contribution in [0.1, 0.15) is 37.7 Å². The van der Waals surface area contributed by atoms with Crippen LogP contribution in [0, 0.1) is 0 Å². The topological polar surface area (TPSA) is 40.5 Å². The van der Waals surface area contributed by atoms with Crippen LogP contribution in [0.2, 0.25) is 0 Å². The van der Waals surface area contributed by atoms with Crippen molar-refractivity contribution in [1.29, 1.82) is 0 Å². The SMILES string of the molecule is CC(CC(=O)N1CCC(O)CC1)c1ccc(Br)cc1. The molecule has 1 aliphatic rings. The van der Waals surface area contributed by atoms with Crippen molar-refractivity contribution in [3.63, 3.8) is 0 Å². The van der Waals surface area contributed by atoms with E-state index in [1.807, 2.05) is 17.0 Å². The van der Waals surface area contributed by atoms with Crippen molar-refractivity contribution in [2.45, 2.75) is 38.2 Å². The first-order valence-corrected chi connectivity index (χ1v) is 7.57. The quantitative estimate of drug-likeness (QED) is 0.928. The maximum Gasteiger partial charge on any atom is 0.223 e. The lowest BCUT2D eigenvalue weighted by molar-refractivity contribution is -0.133. The second kappa shape index (κ2) is 6.53. The van der Waals surface area contributed by atoms with E-state index in [0.717, 1.165) is 4.47 Å². The van der Waals surface area contributed by atoms with Gasteiger partial charge in [0.2, 0.25) is 5.91 Å². The number of likely N-dealkylation sites (tertiary alicyclic amines) is 1. The summed E-state index contributed by atoms with van der Waals surface area (Å²) in [4.78, 5) is 14.1. The molecule has 2 rings (SSSR count). The zero-order valence-corrected chi connectivity index (χ0v) is 12.8. The Morgan fingerprint density at radius 3 is 2.53 bits per heavy atom. The summed E-state index contributed by atoms with van der Waals surface area (Å²) in [5, 5.41) is 9.45. The predicted octanol–water partition coefficient (Wildman–Crippen LogP) is 2.93. The highest BCUT2D eigenvalue weighted by Gasteiger charge is 2.22. The van der Waals surface area contributed by atoms with Gasteiger partial charge in [-0.15, -0.1) is 0 Å². The maximum atomic E-state index is 12.2. The first kappa shape index (κ1) is 14.5. The van der Waals surface area contributed by atoms with Gasteiger partial charge in [-0.3, -0.25) is 4.79 Å². The zero-order valence-electron chi connectivity index (χ0n) is 11.2. The lowest BCUT2D eigenvalue weighted by Gasteiger charge is -2.30. The summed E-state index contributed by atoms with van der Waals surface area (Å²) < 4.78 is 1.06. The highest BCUT2D eigenvalue weighted by molar-refractivity contribution is 9.10. The van der Waals surface area contributed by atoms with Gasteiger partial charge < -0.3 is 10.0 Å². The molecule has 0 radical (unpaired) electrons. The molecule has 1 atom stereocenters. The molecule has 1 fully saturated rings. The van der Waals surface area contributed by atoms with Gasteiger partial charge >= 0.3 is 0 Å². The fourth-order valence-electron chi connectivity index (χ4n) is 2.42. The van der Waals surface area contributed by atoms with Crippen LogP contribution in [-0.2, 0) is 4.79 Å². The molecule has 1 unspecified atom stereocenters. The number of benzene rings is 1. The third-order valence-electron chi connectivity index (χ3n) is 3.74. The zero-order chi connectivity index (χ0) is 13.8. The Balaban J connectivity index is 1.89. The number of halogens is 1. The van der Waals surface area contributed by atoms with E-state index in [4.69, 9.17) is 0 Å². The molecule has 1 saturated heterocycles. The largest absolute Gasteiger partial charge is 0.393 e. The Kier molecular flexibility index (Phi) is 4.99. The van der Waals surface area contributed by atoms with E-state index < -0.39 is 0 Å². The summed E-state index contributed by atoms with van der Waals surface area (Å²) in [7, 11) is 0. The molecule has 0 saturated carbocycles. The summed E-state index contributed by atoms with van der Waals surface area (Å²) in [6.45, 7) is 3.46. The van der Waals surface area contributed by atoms with Crippen molar-refractivity contribution in [3.8, 4) is 0 Å². The number of aliphatic hydroxyl groups is 1. The van der Waals surface area contributed by atoms with Crippen LogP contribution in [-0.4, -0.2) is 35.1 Å². The molecule has 1 heterocycles. The van der Waals surface area contributed by atoms with Crippen molar-refractivity contribution in [2.24, 2.45) is 0 Å². The Labute approximate surface area is 122 Å². The fraction of sp³-hybridized carbons (Fsp3) is 0.533. The number of piperidine rings is 1. The standard InChI is InChI=1S/C15H20BrNO2/c1-11(12-2-4-13(16)5-3-12)10-15(19)17-8-6-14(18)7-9-17/h2-5,11,14,18H,6-10H2,1H3. The fourth-order valence-corrected chi connectivity index (χ4v) is 2.68. The van der Waals surface area contributed by atoms with Gasteiger partial charge in [-0.25, -0.2) is 0 Å². The molecule has 1 aliphatic heterocycles. The second-order valence-corrected chi connectivity index (χ2v) is 6.18. The number of hydrogen-bond donors (Lipinski definition) is 1. The molecule has 1 amide bonds. The normalized spacial score (nSPS) is 18.4. The summed E-state index contributed by atoms with van der Waals surface area (Å²) in [5.74, 6) is 0.426. The van der Waals surface area contributed by atoms with Gasteiger partial charge in [-0.2, -0.15) is 0 Å². The molecular weight excluding hydrogens is 306 g/mol. The van der Waals surface area contributed by atoms with E-state index in [0.29, 0.717) is 32.4 Å². The minimum absolute atomic E-state index is 0.197. The van der Waals surface area contributed by atoms with Crippen molar-refractivity contribution < 1.29 is 9.90 Å². The molecule has 1 N–H and O–H groups in total.